The minimum absolute atomic E-state index is 0.0752. The summed E-state index contributed by atoms with van der Waals surface area (Å²) in [6.45, 7) is 11.0. The standard InChI is InChI=1S/C20H15F6.C19H13F6.C4H11Si.2ClH.Zr/c1-3-12-6-13-4-11(2)5-17(18(13)7-12)14-8-15(19(21,22)23)10-16(9-14)20(24,25)26;1-10-3-12-4-11(2)6-17(16(12)5-10)13-7-14(18(20,21)22)9-15(8-13)19(23,24)25;1-3-5-4-2;;;/h4-10H,3H2,1-2H3;3-9H,1-2H3;5H,3-4H2,1-2H3;2*1H;/q;;;;;+2/p-2. The average molecular weight is 974 g/mol. The molecule has 0 amide bonds. The van der Waals surface area contributed by atoms with Crippen molar-refractivity contribution in [3.8, 4) is 22.3 Å². The van der Waals surface area contributed by atoms with Crippen molar-refractivity contribution in [2.75, 3.05) is 0 Å². The fraction of sp³-hybridized carbons (Fsp3) is 0.349. The van der Waals surface area contributed by atoms with Gasteiger partial charge >= 0.3 is 345 Å². The number of allylic oxidation sites excluding steroid dienone is 2. The van der Waals surface area contributed by atoms with E-state index in [0.29, 0.717) is 81.7 Å². The van der Waals surface area contributed by atoms with Crippen LogP contribution in [0.15, 0.2) is 71.8 Å². The first kappa shape index (κ1) is 45.7. The minimum atomic E-state index is -5.77. The summed E-state index contributed by atoms with van der Waals surface area (Å²) in [5, 5.41) is 0. The molecule has 6 rings (SSSR count). The van der Waals surface area contributed by atoms with Crippen LogP contribution in [0.5, 0.6) is 0 Å². The quantitative estimate of drug-likeness (QED) is 0.122. The molecule has 2 unspecified atom stereocenters. The van der Waals surface area contributed by atoms with Crippen LogP contribution < -0.4 is 0 Å². The second-order valence-corrected chi connectivity index (χ2v) is 56.5. The summed E-state index contributed by atoms with van der Waals surface area (Å²) in [4.78, 5) is 0. The Morgan fingerprint density at radius 3 is 1.20 bits per heavy atom. The zero-order chi connectivity index (χ0) is 44.0. The van der Waals surface area contributed by atoms with Crippen LogP contribution in [0.2, 0.25) is 12.1 Å². The van der Waals surface area contributed by atoms with Crippen molar-refractivity contribution >= 4 is 35.1 Å². The Morgan fingerprint density at radius 2 is 0.864 bits per heavy atom. The van der Waals surface area contributed by atoms with Crippen LogP contribution in [0.1, 0.15) is 97.0 Å². The van der Waals surface area contributed by atoms with E-state index in [1.165, 1.54) is 12.1 Å². The number of hydrogen-bond acceptors (Lipinski definition) is 0. The summed E-state index contributed by atoms with van der Waals surface area (Å²) < 4.78 is 168. The van der Waals surface area contributed by atoms with Crippen LogP contribution in [0, 0.1) is 13.8 Å². The van der Waals surface area contributed by atoms with Gasteiger partial charge in [-0.05, 0) is 0 Å². The van der Waals surface area contributed by atoms with E-state index in [-0.39, 0.29) is 34.4 Å². The first-order valence-electron chi connectivity index (χ1n) is 18.9. The van der Waals surface area contributed by atoms with Crippen molar-refractivity contribution in [1.29, 1.82) is 0 Å². The molecule has 0 heterocycles. The molecule has 317 valence electrons. The van der Waals surface area contributed by atoms with E-state index >= 15 is 0 Å². The van der Waals surface area contributed by atoms with Gasteiger partial charge in [0, 0.05) is 0 Å². The van der Waals surface area contributed by atoms with Crippen LogP contribution in [-0.4, -0.2) is 5.92 Å². The molecule has 2 aliphatic rings. The van der Waals surface area contributed by atoms with Crippen molar-refractivity contribution in [3.05, 3.63) is 127 Å². The molecule has 4 aromatic carbocycles. The van der Waals surface area contributed by atoms with Gasteiger partial charge in [-0.3, -0.25) is 0 Å². The van der Waals surface area contributed by atoms with Crippen LogP contribution >= 0.6 is 17.0 Å². The fourth-order valence-electron chi connectivity index (χ4n) is 9.57. The first-order chi connectivity index (χ1) is 27.0. The number of halogens is 14. The monoisotopic (exact) mass is 971 g/mol. The number of alkyl halides is 12. The van der Waals surface area contributed by atoms with Gasteiger partial charge in [-0.25, -0.2) is 0 Å². The molecular weight excluding hydrogens is 935 g/mol. The van der Waals surface area contributed by atoms with Crippen LogP contribution in [-0.2, 0) is 40.3 Å². The summed E-state index contributed by atoms with van der Waals surface area (Å²) in [5.74, 6) is -2.32. The molecule has 4 aromatic rings. The third-order valence-electron chi connectivity index (χ3n) is 11.9. The van der Waals surface area contributed by atoms with E-state index in [9.17, 15) is 52.7 Å². The summed E-state index contributed by atoms with van der Waals surface area (Å²) in [5.41, 5.74) is -1.71. The van der Waals surface area contributed by atoms with Gasteiger partial charge in [0.15, 0.2) is 0 Å². The molecule has 0 nitrogen and oxygen atoms in total. The number of hydrogen-bond donors (Lipinski definition) is 0. The van der Waals surface area contributed by atoms with Gasteiger partial charge in [0.1, 0.15) is 0 Å². The van der Waals surface area contributed by atoms with Gasteiger partial charge < -0.3 is 0 Å². The van der Waals surface area contributed by atoms with Crippen LogP contribution in [0.4, 0.5) is 52.7 Å². The van der Waals surface area contributed by atoms with Crippen molar-refractivity contribution < 1.29 is 68.2 Å². The van der Waals surface area contributed by atoms with Crippen molar-refractivity contribution in [3.63, 3.8) is 0 Å². The van der Waals surface area contributed by atoms with Crippen molar-refractivity contribution in [1.82, 2.24) is 0 Å². The maximum absolute atomic E-state index is 14.1. The van der Waals surface area contributed by atoms with Gasteiger partial charge in [0.2, 0.25) is 0 Å². The van der Waals surface area contributed by atoms with E-state index in [2.05, 4.69) is 0 Å². The molecular formula is C43H39Cl2F12SiZr. The van der Waals surface area contributed by atoms with E-state index in [1.54, 1.807) is 32.9 Å². The average Bonchev–Trinajstić information content (AvgIpc) is 3.67. The number of aryl methyl sites for hydroxylation is 2. The van der Waals surface area contributed by atoms with E-state index in [4.69, 9.17) is 17.0 Å². The molecule has 0 aromatic heterocycles. The Hall–Kier alpha value is -2.80. The van der Waals surface area contributed by atoms with Crippen LogP contribution in [0.25, 0.3) is 34.4 Å². The molecule has 59 heavy (non-hydrogen) atoms. The Kier molecular flexibility index (Phi) is 11.8. The predicted molar refractivity (Wildman–Crippen MR) is 210 cm³/mol. The molecule has 0 aliphatic heterocycles. The molecule has 0 bridgehead atoms. The Balaban J connectivity index is 1.65. The summed E-state index contributed by atoms with van der Waals surface area (Å²) in [7, 11) is 17.0. The zero-order valence-corrected chi connectivity index (χ0v) is 37.7. The number of fused-ring (bicyclic) bond motifs is 2. The third-order valence-corrected chi connectivity index (χ3v) is 62.0. The van der Waals surface area contributed by atoms with Gasteiger partial charge in [-0.2, -0.15) is 0 Å². The second-order valence-electron chi connectivity index (χ2n) is 15.8. The van der Waals surface area contributed by atoms with Crippen molar-refractivity contribution in [2.45, 2.75) is 92.0 Å². The van der Waals surface area contributed by atoms with E-state index in [0.717, 1.165) is 5.57 Å². The topological polar surface area (TPSA) is 0 Å². The van der Waals surface area contributed by atoms with Gasteiger partial charge in [0.25, 0.3) is 0 Å². The normalized spacial score (nSPS) is 18.1. The van der Waals surface area contributed by atoms with E-state index in [1.807, 2.05) is 32.9 Å². The second kappa shape index (κ2) is 15.2. The number of rotatable bonds is 8. The molecule has 0 radical (unpaired) electrons. The molecule has 0 spiro atoms. The molecule has 2 atom stereocenters. The first-order valence-corrected chi connectivity index (χ1v) is 34.5. The summed E-state index contributed by atoms with van der Waals surface area (Å²) >= 11 is -5.77. The summed E-state index contributed by atoms with van der Waals surface area (Å²) in [6.07, 6.45) is -16.5. The van der Waals surface area contributed by atoms with Gasteiger partial charge in [0.05, 0.1) is 0 Å². The van der Waals surface area contributed by atoms with Gasteiger partial charge in [-0.1, -0.05) is 0 Å². The Labute approximate surface area is 343 Å². The number of benzene rings is 4. The predicted octanol–water partition coefficient (Wildman–Crippen LogP) is 16.5. The molecule has 2 aliphatic carbocycles. The maximum atomic E-state index is 14.1. The fourth-order valence-corrected chi connectivity index (χ4v) is 63.2. The Morgan fingerprint density at radius 1 is 0.508 bits per heavy atom. The zero-order valence-electron chi connectivity index (χ0n) is 32.6. The van der Waals surface area contributed by atoms with Gasteiger partial charge in [-0.15, -0.1) is 0 Å². The summed E-state index contributed by atoms with van der Waals surface area (Å²) in [6, 6.07) is 10.9. The molecule has 16 heteroatoms. The van der Waals surface area contributed by atoms with Crippen LogP contribution in [0.3, 0.4) is 0 Å². The SMILES string of the molecule is CCC1=Cc2c(-c3cc(C(F)(F)F)cc(C(F)(F)F)c3)cc(C)cc2[CH]1[Zr]([Cl])([Cl])([CH]1C(C)=Cc2c(-c3cc(C(F)(F)F)cc(C(F)(F)F)c3)cc(C)cc21)[SiH](CC)CC. The molecule has 0 saturated carbocycles. The molecule has 0 N–H and O–H groups in total. The van der Waals surface area contributed by atoms with Crippen molar-refractivity contribution in [2.24, 2.45) is 0 Å². The third kappa shape index (κ3) is 8.06. The molecule has 0 saturated heterocycles. The Bertz CT molecular complexity index is 2340. The van der Waals surface area contributed by atoms with E-state index < -0.39 is 75.7 Å². The molecule has 0 fully saturated rings.